The molecule has 0 bridgehead atoms. The van der Waals surface area contributed by atoms with Gasteiger partial charge in [-0.2, -0.15) is 4.31 Å². The molecule has 28 heavy (non-hydrogen) atoms. The summed E-state index contributed by atoms with van der Waals surface area (Å²) in [6, 6.07) is 4.93. The van der Waals surface area contributed by atoms with Gasteiger partial charge in [-0.3, -0.25) is 0 Å². The zero-order valence-electron chi connectivity index (χ0n) is 16.1. The lowest BCUT2D eigenvalue weighted by Crippen LogP contribution is -2.43. The van der Waals surface area contributed by atoms with E-state index >= 15 is 0 Å². The van der Waals surface area contributed by atoms with Gasteiger partial charge in [0.1, 0.15) is 0 Å². The van der Waals surface area contributed by atoms with E-state index in [9.17, 15) is 8.42 Å². The Kier molecular flexibility index (Phi) is 5.43. The molecule has 3 unspecified atom stereocenters. The van der Waals surface area contributed by atoms with Crippen molar-refractivity contribution in [1.29, 1.82) is 0 Å². The number of nitrogens with zero attached hydrogens (tertiary/aromatic N) is 1. The number of rotatable bonds is 3. The smallest absolute Gasteiger partial charge is 0.218 e. The van der Waals surface area contributed by atoms with E-state index in [-0.39, 0.29) is 23.1 Å². The van der Waals surface area contributed by atoms with E-state index in [1.54, 1.807) is 22.5 Å². The molecule has 0 saturated carbocycles. The first-order valence-corrected chi connectivity index (χ1v) is 12.0. The second kappa shape index (κ2) is 7.44. The highest BCUT2D eigenvalue weighted by Gasteiger charge is 2.47. The summed E-state index contributed by atoms with van der Waals surface area (Å²) in [5, 5.41) is 0.803. The molecule has 2 heterocycles. The molecule has 2 aliphatic heterocycles. The summed E-state index contributed by atoms with van der Waals surface area (Å²) >= 11 is 12.1. The van der Waals surface area contributed by atoms with Crippen molar-refractivity contribution in [1.82, 2.24) is 4.31 Å². The number of hydrogen-bond donors (Lipinski definition) is 0. The van der Waals surface area contributed by atoms with Gasteiger partial charge < -0.3 is 4.74 Å². The molecule has 1 saturated heterocycles. The zero-order chi connectivity index (χ0) is 20.1. The molecule has 0 N–H and O–H groups in total. The van der Waals surface area contributed by atoms with Gasteiger partial charge in [0.05, 0.1) is 29.0 Å². The Morgan fingerprint density at radius 2 is 2.07 bits per heavy atom. The van der Waals surface area contributed by atoms with Crippen LogP contribution >= 0.6 is 23.2 Å². The summed E-state index contributed by atoms with van der Waals surface area (Å²) in [6.45, 7) is 6.04. The van der Waals surface area contributed by atoms with Crippen LogP contribution in [0.5, 0.6) is 0 Å². The predicted octanol–water partition coefficient (Wildman–Crippen LogP) is 4.83. The van der Waals surface area contributed by atoms with E-state index in [2.05, 4.69) is 19.1 Å². The fourth-order valence-corrected chi connectivity index (χ4v) is 7.06. The highest BCUT2D eigenvalue weighted by atomic mass is 35.5. The first-order valence-electron chi connectivity index (χ1n) is 9.62. The molecule has 1 aromatic carbocycles. The topological polar surface area (TPSA) is 46.6 Å². The summed E-state index contributed by atoms with van der Waals surface area (Å²) in [5.74, 6) is 0.121. The van der Waals surface area contributed by atoms with Crippen LogP contribution in [0.3, 0.4) is 0 Å². The first-order chi connectivity index (χ1) is 13.2. The van der Waals surface area contributed by atoms with E-state index in [0.29, 0.717) is 35.4 Å². The van der Waals surface area contributed by atoms with Gasteiger partial charge in [0.15, 0.2) is 0 Å². The van der Waals surface area contributed by atoms with Gasteiger partial charge in [-0.25, -0.2) is 8.42 Å². The lowest BCUT2D eigenvalue weighted by atomic mass is 9.67. The Bertz CT molecular complexity index is 956. The Morgan fingerprint density at radius 3 is 2.82 bits per heavy atom. The normalized spacial score (nSPS) is 30.9. The lowest BCUT2D eigenvalue weighted by molar-refractivity contribution is 0.0592. The van der Waals surface area contributed by atoms with Crippen LogP contribution < -0.4 is 0 Å². The molecule has 0 amide bonds. The predicted molar refractivity (Wildman–Crippen MR) is 113 cm³/mol. The van der Waals surface area contributed by atoms with Gasteiger partial charge in [-0.15, -0.1) is 0 Å². The van der Waals surface area contributed by atoms with Crippen LogP contribution in [0.15, 0.2) is 41.5 Å². The van der Waals surface area contributed by atoms with Crippen molar-refractivity contribution in [2.45, 2.75) is 38.5 Å². The molecular weight excluding hydrogens is 417 g/mol. The van der Waals surface area contributed by atoms with Crippen molar-refractivity contribution < 1.29 is 13.2 Å². The van der Waals surface area contributed by atoms with Crippen molar-refractivity contribution in [3.05, 3.63) is 57.1 Å². The Hall–Kier alpha value is -0.850. The molecule has 3 aliphatic rings. The maximum atomic E-state index is 13.4. The fraction of sp³-hybridized carbons (Fsp3) is 0.524. The minimum Gasteiger partial charge on any atom is -0.376 e. The Balaban J connectivity index is 1.67. The van der Waals surface area contributed by atoms with Crippen LogP contribution in [0.25, 0.3) is 0 Å². The molecule has 7 heteroatoms. The molecule has 1 aliphatic carbocycles. The van der Waals surface area contributed by atoms with Crippen LogP contribution in [0, 0.1) is 11.3 Å². The third-order valence-electron chi connectivity index (χ3n) is 6.37. The maximum Gasteiger partial charge on any atom is 0.218 e. The van der Waals surface area contributed by atoms with E-state index in [1.807, 2.05) is 6.92 Å². The van der Waals surface area contributed by atoms with Gasteiger partial charge in [0.25, 0.3) is 0 Å². The van der Waals surface area contributed by atoms with Crippen molar-refractivity contribution in [2.24, 2.45) is 11.3 Å². The minimum atomic E-state index is -3.50. The largest absolute Gasteiger partial charge is 0.376 e. The molecule has 152 valence electrons. The number of hydrogen-bond acceptors (Lipinski definition) is 3. The standard InChI is InChI=1S/C21H25Cl2NO3S/c1-14-17-5-3-4-16-11-27-13-21(2,20(16)17)8-9-24(14)28(25,26)12-15-6-7-18(22)19(23)10-15/h3-4,6-7,10,14,17H,5,8-9,11-13H2,1-2H3. The van der Waals surface area contributed by atoms with E-state index in [1.165, 1.54) is 11.1 Å². The number of halogens is 2. The number of allylic oxidation sites excluding steroid dienone is 1. The van der Waals surface area contributed by atoms with E-state index in [4.69, 9.17) is 27.9 Å². The molecular formula is C21H25Cl2NO3S. The average Bonchev–Trinajstić information content (AvgIpc) is 2.75. The lowest BCUT2D eigenvalue weighted by Gasteiger charge is -2.42. The maximum absolute atomic E-state index is 13.4. The zero-order valence-corrected chi connectivity index (χ0v) is 18.4. The highest BCUT2D eigenvalue weighted by Crippen LogP contribution is 2.49. The van der Waals surface area contributed by atoms with Crippen LogP contribution in [-0.2, 0) is 20.5 Å². The van der Waals surface area contributed by atoms with Crippen molar-refractivity contribution in [3.8, 4) is 0 Å². The molecule has 3 atom stereocenters. The first kappa shape index (κ1) is 20.4. The molecule has 4 nitrogen and oxygen atoms in total. The van der Waals surface area contributed by atoms with Crippen molar-refractivity contribution in [2.75, 3.05) is 19.8 Å². The number of ether oxygens (including phenoxy) is 1. The third kappa shape index (κ3) is 3.56. The summed E-state index contributed by atoms with van der Waals surface area (Å²) < 4.78 is 34.3. The van der Waals surface area contributed by atoms with Crippen LogP contribution in [0.2, 0.25) is 10.0 Å². The fourth-order valence-electron chi connectivity index (χ4n) is 4.95. The van der Waals surface area contributed by atoms with Crippen molar-refractivity contribution >= 4 is 33.2 Å². The van der Waals surface area contributed by atoms with Crippen LogP contribution in [-0.4, -0.2) is 38.5 Å². The molecule has 0 aromatic heterocycles. The van der Waals surface area contributed by atoms with Gasteiger partial charge >= 0.3 is 0 Å². The molecule has 1 aromatic rings. The minimum absolute atomic E-state index is 0.0735. The monoisotopic (exact) mass is 441 g/mol. The third-order valence-corrected chi connectivity index (χ3v) is 9.03. The van der Waals surface area contributed by atoms with Crippen LogP contribution in [0.1, 0.15) is 32.3 Å². The molecule has 0 radical (unpaired) electrons. The van der Waals surface area contributed by atoms with Gasteiger partial charge in [0.2, 0.25) is 10.0 Å². The second-order valence-electron chi connectivity index (χ2n) is 8.34. The summed E-state index contributed by atoms with van der Waals surface area (Å²) in [6.07, 6.45) is 5.95. The number of benzene rings is 1. The molecule has 4 rings (SSSR count). The quantitative estimate of drug-likeness (QED) is 0.674. The number of sulfonamides is 1. The summed E-state index contributed by atoms with van der Waals surface area (Å²) in [5.41, 5.74) is 3.19. The average molecular weight is 442 g/mol. The van der Waals surface area contributed by atoms with Crippen LogP contribution in [0.4, 0.5) is 0 Å². The van der Waals surface area contributed by atoms with E-state index < -0.39 is 10.0 Å². The molecule has 1 fully saturated rings. The molecule has 0 spiro atoms. The Labute approximate surface area is 177 Å². The second-order valence-corrected chi connectivity index (χ2v) is 11.1. The Morgan fingerprint density at radius 1 is 1.29 bits per heavy atom. The van der Waals surface area contributed by atoms with E-state index in [0.717, 1.165) is 12.8 Å². The van der Waals surface area contributed by atoms with Gasteiger partial charge in [-0.05, 0) is 43.0 Å². The van der Waals surface area contributed by atoms with Gasteiger partial charge in [-0.1, -0.05) is 53.9 Å². The SMILES string of the molecule is CC1C2CC=CC3=C2C(C)(CCN1S(=O)(=O)Cc1ccc(Cl)c(Cl)c1)COC3. The highest BCUT2D eigenvalue weighted by molar-refractivity contribution is 7.88. The van der Waals surface area contributed by atoms with Crippen molar-refractivity contribution in [3.63, 3.8) is 0 Å². The summed E-state index contributed by atoms with van der Waals surface area (Å²) in [7, 11) is -3.50. The van der Waals surface area contributed by atoms with Gasteiger partial charge in [0, 0.05) is 23.9 Å². The summed E-state index contributed by atoms with van der Waals surface area (Å²) in [4.78, 5) is 0.